The summed E-state index contributed by atoms with van der Waals surface area (Å²) in [6, 6.07) is 14.1. The zero-order valence-corrected chi connectivity index (χ0v) is 12.7. The number of nitrogens with one attached hydrogen (secondary N) is 1. The minimum Gasteiger partial charge on any atom is -0.379 e. The highest BCUT2D eigenvalue weighted by atomic mass is 79.9. The molecule has 0 saturated heterocycles. The first-order chi connectivity index (χ1) is 9.72. The van der Waals surface area contributed by atoms with Gasteiger partial charge < -0.3 is 5.32 Å². The molecule has 0 bridgehead atoms. The number of rotatable bonds is 3. The molecule has 0 aliphatic heterocycles. The Hall–Kier alpha value is -1.94. The van der Waals surface area contributed by atoms with Crippen LogP contribution in [0.1, 0.15) is 11.3 Å². The summed E-state index contributed by atoms with van der Waals surface area (Å²) >= 11 is 3.54. The van der Waals surface area contributed by atoms with Crippen LogP contribution in [-0.4, -0.2) is 9.97 Å². The molecule has 3 rings (SSSR count). The maximum absolute atomic E-state index is 4.59. The minimum absolute atomic E-state index is 0.660. The van der Waals surface area contributed by atoms with Crippen LogP contribution < -0.4 is 5.32 Å². The molecule has 100 valence electrons. The van der Waals surface area contributed by atoms with E-state index < -0.39 is 0 Å². The lowest BCUT2D eigenvalue weighted by Gasteiger charge is -2.08. The van der Waals surface area contributed by atoms with Crippen molar-refractivity contribution >= 4 is 32.7 Å². The van der Waals surface area contributed by atoms with Crippen LogP contribution in [0.4, 0.5) is 5.69 Å². The van der Waals surface area contributed by atoms with Gasteiger partial charge in [-0.25, -0.2) is 4.98 Å². The van der Waals surface area contributed by atoms with Gasteiger partial charge in [-0.2, -0.15) is 0 Å². The highest BCUT2D eigenvalue weighted by molar-refractivity contribution is 9.10. The molecule has 3 nitrogen and oxygen atoms in total. The molecule has 0 aliphatic rings. The third kappa shape index (κ3) is 2.80. The number of para-hydroxylation sites is 2. The maximum Gasteiger partial charge on any atom is 0.0890 e. The van der Waals surface area contributed by atoms with E-state index in [1.807, 2.05) is 30.5 Å². The van der Waals surface area contributed by atoms with Crippen molar-refractivity contribution in [3.05, 3.63) is 64.4 Å². The third-order valence-electron chi connectivity index (χ3n) is 3.14. The van der Waals surface area contributed by atoms with Crippen molar-refractivity contribution in [1.82, 2.24) is 9.97 Å². The van der Waals surface area contributed by atoms with E-state index >= 15 is 0 Å². The van der Waals surface area contributed by atoms with E-state index in [-0.39, 0.29) is 0 Å². The van der Waals surface area contributed by atoms with E-state index in [0.29, 0.717) is 6.54 Å². The van der Waals surface area contributed by atoms with Gasteiger partial charge in [0.25, 0.3) is 0 Å². The molecule has 1 heterocycles. The lowest BCUT2D eigenvalue weighted by Crippen LogP contribution is -2.02. The van der Waals surface area contributed by atoms with Crippen LogP contribution in [-0.2, 0) is 6.54 Å². The van der Waals surface area contributed by atoms with Gasteiger partial charge in [-0.3, -0.25) is 4.98 Å². The van der Waals surface area contributed by atoms with Crippen molar-refractivity contribution in [3.8, 4) is 0 Å². The fraction of sp³-hybridized carbons (Fsp3) is 0.125. The SMILES string of the molecule is Cc1ccc(NCc2cnc3ccccc3n2)cc1Br. The molecular weight excluding hydrogens is 314 g/mol. The highest BCUT2D eigenvalue weighted by Gasteiger charge is 2.01. The number of nitrogens with zero attached hydrogens (tertiary/aromatic N) is 2. The van der Waals surface area contributed by atoms with Gasteiger partial charge in [0.15, 0.2) is 0 Å². The van der Waals surface area contributed by atoms with Crippen LogP contribution in [0.5, 0.6) is 0 Å². The van der Waals surface area contributed by atoms with Crippen molar-refractivity contribution in [2.75, 3.05) is 5.32 Å². The first-order valence-corrected chi connectivity index (χ1v) is 7.22. The average molecular weight is 328 g/mol. The van der Waals surface area contributed by atoms with Gasteiger partial charge in [0.05, 0.1) is 29.5 Å². The van der Waals surface area contributed by atoms with Gasteiger partial charge in [-0.05, 0) is 36.8 Å². The van der Waals surface area contributed by atoms with Gasteiger partial charge in [-0.1, -0.05) is 34.1 Å². The molecule has 0 saturated carbocycles. The van der Waals surface area contributed by atoms with Gasteiger partial charge in [0.1, 0.15) is 0 Å². The molecule has 0 unspecified atom stereocenters. The van der Waals surface area contributed by atoms with Gasteiger partial charge in [0, 0.05) is 10.2 Å². The fourth-order valence-corrected chi connectivity index (χ4v) is 2.35. The Kier molecular flexibility index (Phi) is 3.65. The second kappa shape index (κ2) is 5.59. The summed E-state index contributed by atoms with van der Waals surface area (Å²) in [6.45, 7) is 2.73. The number of aryl methyl sites for hydroxylation is 1. The molecule has 0 aliphatic carbocycles. The number of aromatic nitrogens is 2. The summed E-state index contributed by atoms with van der Waals surface area (Å²) in [5.74, 6) is 0. The second-order valence-electron chi connectivity index (χ2n) is 4.67. The summed E-state index contributed by atoms with van der Waals surface area (Å²) in [5, 5.41) is 3.36. The average Bonchev–Trinajstić information content (AvgIpc) is 2.48. The molecule has 0 atom stereocenters. The molecule has 0 spiro atoms. The zero-order chi connectivity index (χ0) is 13.9. The van der Waals surface area contributed by atoms with Gasteiger partial charge in [0.2, 0.25) is 0 Å². The Bertz CT molecular complexity index is 756. The lowest BCUT2D eigenvalue weighted by molar-refractivity contribution is 1.04. The van der Waals surface area contributed by atoms with Crippen molar-refractivity contribution in [1.29, 1.82) is 0 Å². The Morgan fingerprint density at radius 2 is 1.90 bits per heavy atom. The van der Waals surface area contributed by atoms with Gasteiger partial charge in [-0.15, -0.1) is 0 Å². The molecule has 4 heteroatoms. The fourth-order valence-electron chi connectivity index (χ4n) is 1.98. The van der Waals surface area contributed by atoms with Crippen LogP contribution in [0.25, 0.3) is 11.0 Å². The number of hydrogen-bond acceptors (Lipinski definition) is 3. The van der Waals surface area contributed by atoms with Crippen LogP contribution in [0.3, 0.4) is 0 Å². The summed E-state index contributed by atoms with van der Waals surface area (Å²) in [4.78, 5) is 9.01. The molecular formula is C16H14BrN3. The highest BCUT2D eigenvalue weighted by Crippen LogP contribution is 2.21. The molecule has 2 aromatic carbocycles. The molecule has 0 amide bonds. The van der Waals surface area contributed by atoms with Crippen LogP contribution in [0, 0.1) is 6.92 Å². The summed E-state index contributed by atoms with van der Waals surface area (Å²) in [7, 11) is 0. The van der Waals surface area contributed by atoms with Crippen LogP contribution in [0.2, 0.25) is 0 Å². The predicted octanol–water partition coefficient (Wildman–Crippen LogP) is 4.31. The molecule has 3 aromatic rings. The number of fused-ring (bicyclic) bond motifs is 1. The first-order valence-electron chi connectivity index (χ1n) is 6.43. The van der Waals surface area contributed by atoms with Crippen molar-refractivity contribution in [2.45, 2.75) is 13.5 Å². The molecule has 0 radical (unpaired) electrons. The third-order valence-corrected chi connectivity index (χ3v) is 4.00. The van der Waals surface area contributed by atoms with E-state index in [1.54, 1.807) is 0 Å². The zero-order valence-electron chi connectivity index (χ0n) is 11.1. The Morgan fingerprint density at radius 3 is 2.70 bits per heavy atom. The van der Waals surface area contributed by atoms with Crippen molar-refractivity contribution in [3.63, 3.8) is 0 Å². The summed E-state index contributed by atoms with van der Waals surface area (Å²) in [6.07, 6.45) is 1.82. The first kappa shape index (κ1) is 13.1. The summed E-state index contributed by atoms with van der Waals surface area (Å²) < 4.78 is 1.10. The van der Waals surface area contributed by atoms with Crippen LogP contribution in [0.15, 0.2) is 53.1 Å². The molecule has 1 aromatic heterocycles. The normalized spacial score (nSPS) is 10.7. The van der Waals surface area contributed by atoms with E-state index in [4.69, 9.17) is 0 Å². The Morgan fingerprint density at radius 1 is 1.10 bits per heavy atom. The van der Waals surface area contributed by atoms with Gasteiger partial charge >= 0.3 is 0 Å². The van der Waals surface area contributed by atoms with Crippen molar-refractivity contribution < 1.29 is 0 Å². The number of hydrogen-bond donors (Lipinski definition) is 1. The van der Waals surface area contributed by atoms with Crippen molar-refractivity contribution in [2.24, 2.45) is 0 Å². The van der Waals surface area contributed by atoms with E-state index in [9.17, 15) is 0 Å². The monoisotopic (exact) mass is 327 g/mol. The standard InChI is InChI=1S/C16H14BrN3/c1-11-6-7-12(8-14(11)17)18-9-13-10-19-15-4-2-3-5-16(15)20-13/h2-8,10,18H,9H2,1H3. The molecule has 0 fully saturated rings. The van der Waals surface area contributed by atoms with Crippen LogP contribution >= 0.6 is 15.9 Å². The quantitative estimate of drug-likeness (QED) is 0.778. The minimum atomic E-state index is 0.660. The number of benzene rings is 2. The second-order valence-corrected chi connectivity index (χ2v) is 5.52. The largest absolute Gasteiger partial charge is 0.379 e. The number of halogens is 1. The topological polar surface area (TPSA) is 37.8 Å². The molecule has 1 N–H and O–H groups in total. The Labute approximate surface area is 126 Å². The predicted molar refractivity (Wildman–Crippen MR) is 85.7 cm³/mol. The lowest BCUT2D eigenvalue weighted by atomic mass is 10.2. The maximum atomic E-state index is 4.59. The van der Waals surface area contributed by atoms with E-state index in [2.05, 4.69) is 56.3 Å². The summed E-state index contributed by atoms with van der Waals surface area (Å²) in [5.41, 5.74) is 5.07. The number of anilines is 1. The molecule has 20 heavy (non-hydrogen) atoms. The Balaban J connectivity index is 1.77. The van der Waals surface area contributed by atoms with E-state index in [1.165, 1.54) is 5.56 Å². The van der Waals surface area contributed by atoms with E-state index in [0.717, 1.165) is 26.9 Å². The smallest absolute Gasteiger partial charge is 0.0890 e.